The van der Waals surface area contributed by atoms with Crippen LogP contribution in [0, 0.1) is 25.5 Å². The number of likely N-dealkylation sites (tertiary alicyclic amines) is 1. The number of carbonyl (C=O) groups excluding carboxylic acids is 2. The predicted octanol–water partition coefficient (Wildman–Crippen LogP) is 3.45. The summed E-state index contributed by atoms with van der Waals surface area (Å²) in [6.45, 7) is 4.87. The Hall–Kier alpha value is -3.67. The largest absolute Gasteiger partial charge is 0.412 e. The molecule has 3 heterocycles. The van der Waals surface area contributed by atoms with E-state index in [1.54, 1.807) is 29.2 Å². The van der Waals surface area contributed by atoms with Crippen LogP contribution in [0.25, 0.3) is 11.6 Å². The lowest BCUT2D eigenvalue weighted by Gasteiger charge is -2.30. The van der Waals surface area contributed by atoms with Gasteiger partial charge in [-0.3, -0.25) is 13.8 Å². The Balaban J connectivity index is 0.00000353. The van der Waals surface area contributed by atoms with Crippen molar-refractivity contribution in [3.8, 4) is 0 Å². The van der Waals surface area contributed by atoms with E-state index in [0.717, 1.165) is 30.5 Å². The fourth-order valence-electron chi connectivity index (χ4n) is 4.98. The minimum Gasteiger partial charge on any atom is -0.412 e. The Morgan fingerprint density at radius 3 is 2.49 bits per heavy atom. The van der Waals surface area contributed by atoms with E-state index in [1.807, 2.05) is 13.8 Å². The maximum Gasteiger partial charge on any atom is 0.256 e. The number of nitrogens with one attached hydrogen (secondary N) is 2. The molecule has 1 atom stereocenters. The van der Waals surface area contributed by atoms with Crippen molar-refractivity contribution in [2.75, 3.05) is 18.4 Å². The average Bonchev–Trinajstić information content (AvgIpc) is 3.35. The summed E-state index contributed by atoms with van der Waals surface area (Å²) in [4.78, 5) is 31.5. The number of aromatic nitrogens is 1. The Morgan fingerprint density at radius 2 is 1.82 bits per heavy atom. The number of benzene rings is 2. The minimum atomic E-state index is -1.75. The number of carbonyl (C=O) groups is 2. The molecule has 0 aliphatic carbocycles. The lowest BCUT2D eigenvalue weighted by atomic mass is 10.0. The highest BCUT2D eigenvalue weighted by molar-refractivity contribution is 7.84. The summed E-state index contributed by atoms with van der Waals surface area (Å²) in [6.07, 6.45) is 3.19. The standard InChI is InChI=1S/C28H28F2N4O3S.H2O/c1-15-25(32-16(2)26(15)28(36)34-10-8-17(31)9-11-34)13-20-19-12-18(6-7-24(19)33-27(20)35)38(37)14-21-22(29)4-3-5-23(21)30;/h3-7,12-13,17,32H,8-11,14,31H2,1-2H3,(H,33,35);1H2/b20-13-;. The van der Waals surface area contributed by atoms with Crippen molar-refractivity contribution in [1.82, 2.24) is 9.88 Å². The first-order chi connectivity index (χ1) is 18.1. The molecule has 8 nitrogen and oxygen atoms in total. The molecule has 1 saturated heterocycles. The third-order valence-corrected chi connectivity index (χ3v) is 8.51. The molecular formula is C28H30F2N4O4S. The fourth-order valence-corrected chi connectivity index (χ4v) is 6.15. The molecular weight excluding hydrogens is 526 g/mol. The summed E-state index contributed by atoms with van der Waals surface area (Å²) in [5.74, 6) is -2.26. The molecule has 5 rings (SSSR count). The van der Waals surface area contributed by atoms with Crippen LogP contribution in [0.3, 0.4) is 0 Å². The lowest BCUT2D eigenvalue weighted by Crippen LogP contribution is -2.43. The molecule has 2 amide bonds. The zero-order chi connectivity index (χ0) is 27.1. The van der Waals surface area contributed by atoms with Crippen molar-refractivity contribution >= 4 is 40.0 Å². The maximum atomic E-state index is 14.1. The van der Waals surface area contributed by atoms with Gasteiger partial charge in [0, 0.05) is 52.2 Å². The van der Waals surface area contributed by atoms with Gasteiger partial charge in [-0.05, 0) is 68.7 Å². The van der Waals surface area contributed by atoms with Crippen LogP contribution in [0.2, 0.25) is 0 Å². The first kappa shape index (κ1) is 28.3. The van der Waals surface area contributed by atoms with Crippen LogP contribution in [0.5, 0.6) is 0 Å². The van der Waals surface area contributed by atoms with Crippen molar-refractivity contribution in [3.63, 3.8) is 0 Å². The molecule has 2 aliphatic rings. The second-order valence-electron chi connectivity index (χ2n) is 9.70. The number of rotatable bonds is 5. The minimum absolute atomic E-state index is 0. The second-order valence-corrected chi connectivity index (χ2v) is 11.2. The highest BCUT2D eigenvalue weighted by Crippen LogP contribution is 2.36. The van der Waals surface area contributed by atoms with E-state index in [-0.39, 0.29) is 34.6 Å². The molecule has 39 heavy (non-hydrogen) atoms. The van der Waals surface area contributed by atoms with Gasteiger partial charge >= 0.3 is 0 Å². The Kier molecular flexibility index (Phi) is 8.15. The molecule has 0 saturated carbocycles. The van der Waals surface area contributed by atoms with Gasteiger partial charge in [0.05, 0.1) is 27.7 Å². The van der Waals surface area contributed by atoms with Crippen molar-refractivity contribution in [2.45, 2.75) is 43.4 Å². The van der Waals surface area contributed by atoms with Crippen LogP contribution >= 0.6 is 0 Å². The smallest absolute Gasteiger partial charge is 0.256 e. The summed E-state index contributed by atoms with van der Waals surface area (Å²) < 4.78 is 41.2. The van der Waals surface area contributed by atoms with E-state index in [2.05, 4.69) is 10.3 Å². The highest BCUT2D eigenvalue weighted by Gasteiger charge is 2.29. The van der Waals surface area contributed by atoms with Crippen LogP contribution in [-0.4, -0.2) is 50.5 Å². The molecule has 1 fully saturated rings. The summed E-state index contributed by atoms with van der Waals surface area (Å²) in [5, 5.41) is 2.79. The molecule has 1 unspecified atom stereocenters. The summed E-state index contributed by atoms with van der Waals surface area (Å²) in [5.41, 5.74) is 9.77. The van der Waals surface area contributed by atoms with E-state index in [1.165, 1.54) is 6.07 Å². The quantitative estimate of drug-likeness (QED) is 0.414. The molecule has 0 bridgehead atoms. The van der Waals surface area contributed by atoms with Crippen molar-refractivity contribution < 1.29 is 28.1 Å². The second kappa shape index (κ2) is 11.2. The average molecular weight is 557 g/mol. The number of amides is 2. The van der Waals surface area contributed by atoms with Crippen LogP contribution < -0.4 is 11.1 Å². The van der Waals surface area contributed by atoms with Crippen LogP contribution in [-0.2, 0) is 21.3 Å². The third kappa shape index (κ3) is 5.42. The van der Waals surface area contributed by atoms with Gasteiger partial charge < -0.3 is 26.4 Å². The Labute approximate surface area is 227 Å². The number of nitrogens with zero attached hydrogens (tertiary/aromatic N) is 1. The van der Waals surface area contributed by atoms with E-state index in [4.69, 9.17) is 5.73 Å². The van der Waals surface area contributed by atoms with E-state index < -0.39 is 22.4 Å². The van der Waals surface area contributed by atoms with E-state index in [9.17, 15) is 22.6 Å². The molecule has 11 heteroatoms. The molecule has 2 aliphatic heterocycles. The van der Waals surface area contributed by atoms with Crippen molar-refractivity contribution in [2.24, 2.45) is 5.73 Å². The molecule has 0 spiro atoms. The number of nitrogens with two attached hydrogens (primary N) is 1. The van der Waals surface area contributed by atoms with Gasteiger partial charge in [-0.2, -0.15) is 0 Å². The number of hydrogen-bond acceptors (Lipinski definition) is 4. The van der Waals surface area contributed by atoms with Gasteiger partial charge in [-0.1, -0.05) is 6.07 Å². The fraction of sp³-hybridized carbons (Fsp3) is 0.286. The lowest BCUT2D eigenvalue weighted by molar-refractivity contribution is -0.110. The number of piperidine rings is 1. The molecule has 3 aromatic rings. The van der Waals surface area contributed by atoms with Crippen molar-refractivity contribution in [3.05, 3.63) is 81.7 Å². The van der Waals surface area contributed by atoms with Crippen molar-refractivity contribution in [1.29, 1.82) is 0 Å². The SMILES string of the molecule is Cc1[nH]c(/C=C2\C(=O)Nc3ccc(S(=O)Cc4c(F)cccc4F)cc32)c(C)c1C(=O)N1CCC(N)CC1.O. The summed E-state index contributed by atoms with van der Waals surface area (Å²) >= 11 is 0. The zero-order valence-electron chi connectivity index (χ0n) is 21.6. The number of hydrogen-bond donors (Lipinski definition) is 3. The molecule has 206 valence electrons. The van der Waals surface area contributed by atoms with Crippen LogP contribution in [0.15, 0.2) is 41.3 Å². The Morgan fingerprint density at radius 1 is 1.15 bits per heavy atom. The molecule has 0 radical (unpaired) electrons. The molecule has 2 aromatic carbocycles. The predicted molar refractivity (Wildman–Crippen MR) is 146 cm³/mol. The molecule has 6 N–H and O–H groups in total. The molecule has 1 aromatic heterocycles. The van der Waals surface area contributed by atoms with Gasteiger partial charge in [0.25, 0.3) is 11.8 Å². The van der Waals surface area contributed by atoms with E-state index in [0.29, 0.717) is 51.8 Å². The Bertz CT molecular complexity index is 1490. The third-order valence-electron chi connectivity index (χ3n) is 7.18. The van der Waals surface area contributed by atoms with Gasteiger partial charge in [-0.25, -0.2) is 8.78 Å². The number of fused-ring (bicyclic) bond motifs is 1. The first-order valence-electron chi connectivity index (χ1n) is 12.4. The first-order valence-corrected chi connectivity index (χ1v) is 13.7. The van der Waals surface area contributed by atoms with E-state index >= 15 is 0 Å². The number of H-pyrrole nitrogens is 1. The summed E-state index contributed by atoms with van der Waals surface area (Å²) in [7, 11) is -1.75. The monoisotopic (exact) mass is 556 g/mol. The highest BCUT2D eigenvalue weighted by atomic mass is 32.2. The van der Waals surface area contributed by atoms with Gasteiger partial charge in [0.15, 0.2) is 0 Å². The number of halogens is 2. The van der Waals surface area contributed by atoms with Gasteiger partial charge in [0.1, 0.15) is 11.6 Å². The van der Waals surface area contributed by atoms with Crippen LogP contribution in [0.1, 0.15) is 51.3 Å². The van der Waals surface area contributed by atoms with Gasteiger partial charge in [-0.15, -0.1) is 0 Å². The maximum absolute atomic E-state index is 14.1. The normalized spacial score (nSPS) is 17.1. The number of aryl methyl sites for hydroxylation is 1. The number of anilines is 1. The van der Waals surface area contributed by atoms with Gasteiger partial charge in [0.2, 0.25) is 0 Å². The topological polar surface area (TPSA) is 140 Å². The summed E-state index contributed by atoms with van der Waals surface area (Å²) in [6, 6.07) is 8.42. The number of aromatic amines is 1. The zero-order valence-corrected chi connectivity index (χ0v) is 22.4. The van der Waals surface area contributed by atoms with Crippen LogP contribution in [0.4, 0.5) is 14.5 Å².